The molecule has 3 heteroatoms. The van der Waals surface area contributed by atoms with E-state index in [2.05, 4.69) is 31.0 Å². The maximum Gasteiger partial charge on any atom is 0.0478 e. The van der Waals surface area contributed by atoms with Gasteiger partial charge in [-0.25, -0.2) is 0 Å². The topological polar surface area (TPSA) is 24.5 Å². The first-order valence-corrected chi connectivity index (χ1v) is 7.76. The Kier molecular flexibility index (Phi) is 5.05. The lowest BCUT2D eigenvalue weighted by atomic mass is 9.91. The molecule has 2 fully saturated rings. The lowest BCUT2D eigenvalue weighted by molar-refractivity contribution is 0.0337. The second kappa shape index (κ2) is 6.36. The smallest absolute Gasteiger partial charge is 0.0478 e. The van der Waals surface area contributed by atoms with Crippen molar-refractivity contribution < 1.29 is 4.74 Å². The third-order valence-corrected chi connectivity index (χ3v) is 4.80. The molecule has 0 aromatic carbocycles. The van der Waals surface area contributed by atoms with Crippen molar-refractivity contribution >= 4 is 0 Å². The molecule has 1 aliphatic carbocycles. The molecule has 0 aromatic heterocycles. The molecule has 2 rings (SSSR count). The van der Waals surface area contributed by atoms with Gasteiger partial charge in [0.1, 0.15) is 0 Å². The fourth-order valence-electron chi connectivity index (χ4n) is 3.01. The van der Waals surface area contributed by atoms with Gasteiger partial charge < -0.3 is 10.1 Å². The molecule has 106 valence electrons. The third-order valence-electron chi connectivity index (χ3n) is 4.80. The van der Waals surface area contributed by atoms with Crippen molar-refractivity contribution in [2.24, 2.45) is 5.92 Å². The highest BCUT2D eigenvalue weighted by molar-refractivity contribution is 4.99. The standard InChI is InChI=1S/C15H30N2O/c1-4-15(3)12-16-14(13-7-8-13)11-17(15)9-6-10-18-5-2/h13-14,16H,4-12H2,1-3H3. The van der Waals surface area contributed by atoms with E-state index in [9.17, 15) is 0 Å². The maximum atomic E-state index is 5.47. The van der Waals surface area contributed by atoms with Crippen molar-refractivity contribution in [2.45, 2.75) is 58.0 Å². The summed E-state index contributed by atoms with van der Waals surface area (Å²) in [6.45, 7) is 12.1. The molecule has 0 aromatic rings. The minimum absolute atomic E-state index is 0.345. The molecular weight excluding hydrogens is 224 g/mol. The summed E-state index contributed by atoms with van der Waals surface area (Å²) in [5.74, 6) is 0.959. The van der Waals surface area contributed by atoms with Gasteiger partial charge in [-0.05, 0) is 45.4 Å². The van der Waals surface area contributed by atoms with E-state index in [1.165, 1.54) is 38.8 Å². The average Bonchev–Trinajstić information content (AvgIpc) is 3.21. The zero-order valence-corrected chi connectivity index (χ0v) is 12.4. The van der Waals surface area contributed by atoms with Crippen molar-refractivity contribution in [3.63, 3.8) is 0 Å². The van der Waals surface area contributed by atoms with E-state index in [4.69, 9.17) is 4.74 Å². The van der Waals surface area contributed by atoms with Gasteiger partial charge in [-0.3, -0.25) is 4.90 Å². The first kappa shape index (κ1) is 14.3. The fourth-order valence-corrected chi connectivity index (χ4v) is 3.01. The Morgan fingerprint density at radius 1 is 1.33 bits per heavy atom. The van der Waals surface area contributed by atoms with Crippen LogP contribution in [0, 0.1) is 5.92 Å². The highest BCUT2D eigenvalue weighted by Crippen LogP contribution is 2.36. The Morgan fingerprint density at radius 3 is 2.72 bits per heavy atom. The summed E-state index contributed by atoms with van der Waals surface area (Å²) in [7, 11) is 0. The molecule has 18 heavy (non-hydrogen) atoms. The number of piperazine rings is 1. The largest absolute Gasteiger partial charge is 0.382 e. The molecule has 3 nitrogen and oxygen atoms in total. The molecule has 1 N–H and O–H groups in total. The van der Waals surface area contributed by atoms with Crippen LogP contribution in [-0.2, 0) is 4.74 Å². The van der Waals surface area contributed by atoms with Crippen LogP contribution in [0.25, 0.3) is 0 Å². The maximum absolute atomic E-state index is 5.47. The molecule has 1 saturated carbocycles. The summed E-state index contributed by atoms with van der Waals surface area (Å²) >= 11 is 0. The third kappa shape index (κ3) is 3.46. The van der Waals surface area contributed by atoms with Crippen LogP contribution < -0.4 is 5.32 Å². The molecule has 0 amide bonds. The van der Waals surface area contributed by atoms with E-state index < -0.39 is 0 Å². The summed E-state index contributed by atoms with van der Waals surface area (Å²) < 4.78 is 5.47. The van der Waals surface area contributed by atoms with Gasteiger partial charge in [0.2, 0.25) is 0 Å². The van der Waals surface area contributed by atoms with Crippen molar-refractivity contribution in [2.75, 3.05) is 32.8 Å². The average molecular weight is 254 g/mol. The van der Waals surface area contributed by atoms with E-state index in [-0.39, 0.29) is 0 Å². The molecule has 1 aliphatic heterocycles. The lowest BCUT2D eigenvalue weighted by Crippen LogP contribution is -2.63. The second-order valence-corrected chi connectivity index (χ2v) is 6.17. The van der Waals surface area contributed by atoms with Crippen molar-refractivity contribution in [3.05, 3.63) is 0 Å². The Labute approximate surface area is 112 Å². The van der Waals surface area contributed by atoms with Crippen molar-refractivity contribution in [1.29, 1.82) is 0 Å². The Balaban J connectivity index is 1.83. The summed E-state index contributed by atoms with van der Waals surface area (Å²) in [6, 6.07) is 0.747. The predicted octanol–water partition coefficient (Wildman–Crippen LogP) is 2.27. The van der Waals surface area contributed by atoms with Crippen molar-refractivity contribution in [3.8, 4) is 0 Å². The van der Waals surface area contributed by atoms with E-state index >= 15 is 0 Å². The van der Waals surface area contributed by atoms with Gasteiger partial charge in [-0.1, -0.05) is 6.92 Å². The molecule has 2 unspecified atom stereocenters. The Hall–Kier alpha value is -0.120. The van der Waals surface area contributed by atoms with Gasteiger partial charge in [-0.15, -0.1) is 0 Å². The Morgan fingerprint density at radius 2 is 2.11 bits per heavy atom. The van der Waals surface area contributed by atoms with Gasteiger partial charge in [-0.2, -0.15) is 0 Å². The predicted molar refractivity (Wildman–Crippen MR) is 75.9 cm³/mol. The first-order chi connectivity index (χ1) is 8.69. The van der Waals surface area contributed by atoms with Gasteiger partial charge in [0.15, 0.2) is 0 Å². The number of nitrogens with zero attached hydrogens (tertiary/aromatic N) is 1. The number of hydrogen-bond donors (Lipinski definition) is 1. The molecular formula is C15H30N2O. The summed E-state index contributed by atoms with van der Waals surface area (Å²) in [6.07, 6.45) is 5.27. The van der Waals surface area contributed by atoms with E-state index in [0.717, 1.165) is 31.7 Å². The minimum Gasteiger partial charge on any atom is -0.382 e. The van der Waals surface area contributed by atoms with Crippen LogP contribution in [0.5, 0.6) is 0 Å². The molecule has 0 radical (unpaired) electrons. The number of ether oxygens (including phenoxy) is 1. The summed E-state index contributed by atoms with van der Waals surface area (Å²) in [5.41, 5.74) is 0.345. The molecule has 1 heterocycles. The highest BCUT2D eigenvalue weighted by atomic mass is 16.5. The molecule has 2 aliphatic rings. The number of hydrogen-bond acceptors (Lipinski definition) is 3. The normalized spacial score (nSPS) is 33.8. The van der Waals surface area contributed by atoms with E-state index in [1.807, 2.05) is 0 Å². The zero-order chi connectivity index (χ0) is 13.0. The monoisotopic (exact) mass is 254 g/mol. The first-order valence-electron chi connectivity index (χ1n) is 7.76. The van der Waals surface area contributed by atoms with Crippen molar-refractivity contribution in [1.82, 2.24) is 10.2 Å². The van der Waals surface area contributed by atoms with Crippen LogP contribution >= 0.6 is 0 Å². The van der Waals surface area contributed by atoms with Crippen LogP contribution in [-0.4, -0.2) is 49.3 Å². The van der Waals surface area contributed by atoms with Gasteiger partial charge in [0, 0.05) is 44.4 Å². The van der Waals surface area contributed by atoms with E-state index in [0.29, 0.717) is 5.54 Å². The summed E-state index contributed by atoms with van der Waals surface area (Å²) in [4.78, 5) is 2.71. The van der Waals surface area contributed by atoms with Gasteiger partial charge in [0.25, 0.3) is 0 Å². The van der Waals surface area contributed by atoms with Crippen LogP contribution in [0.3, 0.4) is 0 Å². The SMILES string of the molecule is CCOCCCN1CC(C2CC2)NCC1(C)CC. The minimum atomic E-state index is 0.345. The molecule has 0 bridgehead atoms. The quantitative estimate of drug-likeness (QED) is 0.705. The highest BCUT2D eigenvalue weighted by Gasteiger charge is 2.41. The Bertz CT molecular complexity index is 255. The van der Waals surface area contributed by atoms with E-state index in [1.54, 1.807) is 0 Å². The van der Waals surface area contributed by atoms with Crippen LogP contribution in [0.15, 0.2) is 0 Å². The van der Waals surface area contributed by atoms with Gasteiger partial charge >= 0.3 is 0 Å². The summed E-state index contributed by atoms with van der Waals surface area (Å²) in [5, 5.41) is 3.78. The lowest BCUT2D eigenvalue weighted by Gasteiger charge is -2.48. The fraction of sp³-hybridized carbons (Fsp3) is 1.00. The zero-order valence-electron chi connectivity index (χ0n) is 12.4. The second-order valence-electron chi connectivity index (χ2n) is 6.17. The molecule has 0 spiro atoms. The molecule has 1 saturated heterocycles. The molecule has 2 atom stereocenters. The number of nitrogens with one attached hydrogen (secondary N) is 1. The van der Waals surface area contributed by atoms with Crippen LogP contribution in [0.4, 0.5) is 0 Å². The van der Waals surface area contributed by atoms with Crippen LogP contribution in [0.1, 0.15) is 46.5 Å². The number of rotatable bonds is 7. The van der Waals surface area contributed by atoms with Gasteiger partial charge in [0.05, 0.1) is 0 Å². The van der Waals surface area contributed by atoms with Crippen LogP contribution in [0.2, 0.25) is 0 Å².